The zero-order valence-corrected chi connectivity index (χ0v) is 9.01. The zero-order chi connectivity index (χ0) is 10.1. The smallest absolute Gasteiger partial charge is 0.231 e. The maximum absolute atomic E-state index is 10.8. The first-order chi connectivity index (χ1) is 6.68. The van der Waals surface area contributed by atoms with Crippen molar-refractivity contribution >= 4 is 17.2 Å². The van der Waals surface area contributed by atoms with Gasteiger partial charge in [-0.15, -0.1) is 11.3 Å². The minimum absolute atomic E-state index is 0.240. The van der Waals surface area contributed by atoms with Crippen molar-refractivity contribution in [1.29, 1.82) is 0 Å². The molecule has 1 aromatic heterocycles. The number of thiophene rings is 1. The van der Waals surface area contributed by atoms with E-state index in [1.165, 1.54) is 10.4 Å². The van der Waals surface area contributed by atoms with Gasteiger partial charge >= 0.3 is 0 Å². The highest BCUT2D eigenvalue weighted by Gasteiger charge is 2.25. The first kappa shape index (κ1) is 9.68. The topological polar surface area (TPSA) is 46.3 Å². The van der Waals surface area contributed by atoms with E-state index in [2.05, 4.69) is 23.3 Å². The summed E-state index contributed by atoms with van der Waals surface area (Å²) in [6.07, 6.45) is 1.05. The molecule has 2 heterocycles. The van der Waals surface area contributed by atoms with E-state index in [9.17, 15) is 4.79 Å². The van der Waals surface area contributed by atoms with Crippen LogP contribution in [0, 0.1) is 0 Å². The number of carbonyl (C=O) groups excluding carboxylic acids is 1. The molecule has 0 saturated carbocycles. The number of fused-ring (bicyclic) bond motifs is 1. The van der Waals surface area contributed by atoms with E-state index in [-0.39, 0.29) is 5.91 Å². The summed E-state index contributed by atoms with van der Waals surface area (Å²) >= 11 is 1.81. The van der Waals surface area contributed by atoms with Crippen LogP contribution in [0.3, 0.4) is 0 Å². The van der Waals surface area contributed by atoms with Crippen molar-refractivity contribution < 1.29 is 4.79 Å². The van der Waals surface area contributed by atoms with Crippen molar-refractivity contribution in [2.45, 2.75) is 19.4 Å². The Labute approximate surface area is 87.5 Å². The lowest BCUT2D eigenvalue weighted by molar-refractivity contribution is -0.119. The Kier molecular flexibility index (Phi) is 2.56. The second-order valence-electron chi connectivity index (χ2n) is 3.66. The second-order valence-corrected chi connectivity index (χ2v) is 4.66. The summed E-state index contributed by atoms with van der Waals surface area (Å²) < 4.78 is 0. The van der Waals surface area contributed by atoms with Gasteiger partial charge in [0.15, 0.2) is 0 Å². The quantitative estimate of drug-likeness (QED) is 0.796. The molecule has 0 aliphatic carbocycles. The highest BCUT2D eigenvalue weighted by Crippen LogP contribution is 2.32. The maximum atomic E-state index is 10.8. The molecule has 0 unspecified atom stereocenters. The number of nitrogens with zero attached hydrogens (tertiary/aromatic N) is 1. The second kappa shape index (κ2) is 3.71. The largest absolute Gasteiger partial charge is 0.369 e. The summed E-state index contributed by atoms with van der Waals surface area (Å²) in [6.45, 7) is 3.45. The molecular weight excluding hydrogens is 196 g/mol. The van der Waals surface area contributed by atoms with Gasteiger partial charge in [-0.25, -0.2) is 0 Å². The monoisotopic (exact) mass is 210 g/mol. The summed E-state index contributed by atoms with van der Waals surface area (Å²) in [4.78, 5) is 14.4. The van der Waals surface area contributed by atoms with Gasteiger partial charge in [-0.05, 0) is 30.4 Å². The number of amides is 1. The fourth-order valence-electron chi connectivity index (χ4n) is 1.98. The van der Waals surface area contributed by atoms with Crippen LogP contribution in [0.15, 0.2) is 11.4 Å². The van der Waals surface area contributed by atoms with Crippen LogP contribution in [-0.2, 0) is 11.2 Å². The van der Waals surface area contributed by atoms with Crippen LogP contribution in [0.25, 0.3) is 0 Å². The lowest BCUT2D eigenvalue weighted by Gasteiger charge is -2.32. The average Bonchev–Trinajstić information content (AvgIpc) is 2.57. The third-order valence-electron chi connectivity index (χ3n) is 2.76. The number of primary amides is 1. The molecule has 3 nitrogen and oxygen atoms in total. The molecule has 1 aromatic rings. The van der Waals surface area contributed by atoms with Gasteiger partial charge in [-0.1, -0.05) is 0 Å². The molecule has 2 N–H and O–H groups in total. The minimum atomic E-state index is -0.240. The van der Waals surface area contributed by atoms with Gasteiger partial charge in [-0.3, -0.25) is 9.69 Å². The molecule has 0 spiro atoms. The third kappa shape index (κ3) is 1.67. The molecule has 0 fully saturated rings. The normalized spacial score (nSPS) is 21.9. The molecule has 2 rings (SSSR count). The van der Waals surface area contributed by atoms with Gasteiger partial charge in [0, 0.05) is 17.5 Å². The standard InChI is InChI=1S/C10H14N2OS/c1-7-8-3-5-14-9(8)2-4-12(7)6-10(11)13/h3,5,7H,2,4,6H2,1H3,(H2,11,13)/t7-/m0/s1. The molecule has 4 heteroatoms. The van der Waals surface area contributed by atoms with E-state index in [1.54, 1.807) is 0 Å². The van der Waals surface area contributed by atoms with Crippen molar-refractivity contribution in [2.24, 2.45) is 5.73 Å². The molecule has 1 aliphatic heterocycles. The Bertz CT molecular complexity index is 348. The Balaban J connectivity index is 2.16. The fourth-order valence-corrected chi connectivity index (χ4v) is 2.94. The molecule has 1 aliphatic rings. The van der Waals surface area contributed by atoms with E-state index in [4.69, 9.17) is 5.73 Å². The Morgan fingerprint density at radius 1 is 1.79 bits per heavy atom. The number of nitrogens with two attached hydrogens (primary N) is 1. The van der Waals surface area contributed by atoms with E-state index in [0.717, 1.165) is 13.0 Å². The predicted octanol–water partition coefficient (Wildman–Crippen LogP) is 1.15. The van der Waals surface area contributed by atoms with Crippen molar-refractivity contribution in [3.05, 3.63) is 21.9 Å². The van der Waals surface area contributed by atoms with Crippen molar-refractivity contribution in [3.8, 4) is 0 Å². The van der Waals surface area contributed by atoms with Crippen LogP contribution in [0.2, 0.25) is 0 Å². The lowest BCUT2D eigenvalue weighted by Crippen LogP contribution is -2.39. The van der Waals surface area contributed by atoms with Crippen LogP contribution in [0.1, 0.15) is 23.4 Å². The van der Waals surface area contributed by atoms with Crippen molar-refractivity contribution in [1.82, 2.24) is 4.90 Å². The Morgan fingerprint density at radius 2 is 2.57 bits per heavy atom. The van der Waals surface area contributed by atoms with Gasteiger partial charge < -0.3 is 5.73 Å². The first-order valence-corrected chi connectivity index (χ1v) is 5.65. The minimum Gasteiger partial charge on any atom is -0.369 e. The van der Waals surface area contributed by atoms with Gasteiger partial charge in [0.25, 0.3) is 0 Å². The van der Waals surface area contributed by atoms with Gasteiger partial charge in [0.05, 0.1) is 6.54 Å². The molecule has 0 bridgehead atoms. The third-order valence-corrected chi connectivity index (χ3v) is 3.76. The van der Waals surface area contributed by atoms with E-state index >= 15 is 0 Å². The predicted molar refractivity (Wildman–Crippen MR) is 57.2 cm³/mol. The van der Waals surface area contributed by atoms with Crippen LogP contribution < -0.4 is 5.73 Å². The molecule has 0 radical (unpaired) electrons. The van der Waals surface area contributed by atoms with Crippen LogP contribution >= 0.6 is 11.3 Å². The van der Waals surface area contributed by atoms with E-state index in [0.29, 0.717) is 12.6 Å². The highest BCUT2D eigenvalue weighted by molar-refractivity contribution is 7.10. The van der Waals surface area contributed by atoms with Gasteiger partial charge in [-0.2, -0.15) is 0 Å². The fraction of sp³-hybridized carbons (Fsp3) is 0.500. The molecule has 76 valence electrons. The highest BCUT2D eigenvalue weighted by atomic mass is 32.1. The maximum Gasteiger partial charge on any atom is 0.231 e. The summed E-state index contributed by atoms with van der Waals surface area (Å²) in [5.74, 6) is -0.240. The summed E-state index contributed by atoms with van der Waals surface area (Å²) in [5, 5.41) is 2.12. The summed E-state index contributed by atoms with van der Waals surface area (Å²) in [5.41, 5.74) is 6.57. The Morgan fingerprint density at radius 3 is 3.29 bits per heavy atom. The lowest BCUT2D eigenvalue weighted by atomic mass is 10.0. The molecule has 1 atom stereocenters. The van der Waals surface area contributed by atoms with E-state index < -0.39 is 0 Å². The van der Waals surface area contributed by atoms with Crippen LogP contribution in [0.5, 0.6) is 0 Å². The molecule has 0 saturated heterocycles. The number of carbonyl (C=O) groups is 1. The van der Waals surface area contributed by atoms with Crippen LogP contribution in [-0.4, -0.2) is 23.9 Å². The molecule has 14 heavy (non-hydrogen) atoms. The van der Waals surface area contributed by atoms with E-state index in [1.807, 2.05) is 11.3 Å². The number of hydrogen-bond donors (Lipinski definition) is 1. The van der Waals surface area contributed by atoms with Gasteiger partial charge in [0.2, 0.25) is 5.91 Å². The molecular formula is C10H14N2OS. The van der Waals surface area contributed by atoms with Crippen molar-refractivity contribution in [3.63, 3.8) is 0 Å². The van der Waals surface area contributed by atoms with Crippen molar-refractivity contribution in [2.75, 3.05) is 13.1 Å². The van der Waals surface area contributed by atoms with Crippen LogP contribution in [0.4, 0.5) is 0 Å². The first-order valence-electron chi connectivity index (χ1n) is 4.77. The summed E-state index contributed by atoms with van der Waals surface area (Å²) in [6, 6.07) is 2.48. The zero-order valence-electron chi connectivity index (χ0n) is 8.19. The SMILES string of the molecule is C[C@H]1c2ccsc2CCN1CC(N)=O. The average molecular weight is 210 g/mol. The Hall–Kier alpha value is -0.870. The number of rotatable bonds is 2. The summed E-state index contributed by atoms with van der Waals surface area (Å²) in [7, 11) is 0. The molecule has 1 amide bonds. The number of hydrogen-bond acceptors (Lipinski definition) is 3. The molecule has 0 aromatic carbocycles. The van der Waals surface area contributed by atoms with Gasteiger partial charge in [0.1, 0.15) is 0 Å².